The Kier molecular flexibility index (Phi) is 4.63. The molecule has 1 aromatic rings. The lowest BCUT2D eigenvalue weighted by Gasteiger charge is -2.07. The lowest BCUT2D eigenvalue weighted by molar-refractivity contribution is -0.122. The van der Waals surface area contributed by atoms with Gasteiger partial charge < -0.3 is 10.6 Å². The van der Waals surface area contributed by atoms with Crippen LogP contribution < -0.4 is 10.6 Å². The molecule has 1 heterocycles. The Morgan fingerprint density at radius 1 is 1.35 bits per heavy atom. The van der Waals surface area contributed by atoms with Crippen LogP contribution in [0, 0.1) is 0 Å². The third kappa shape index (κ3) is 4.63. The molecule has 17 heavy (non-hydrogen) atoms. The highest BCUT2D eigenvalue weighted by Gasteiger charge is 2.04. The van der Waals surface area contributed by atoms with Crippen molar-refractivity contribution in [1.29, 1.82) is 0 Å². The molecule has 5 heteroatoms. The molecule has 0 aliphatic carbocycles. The predicted octanol–water partition coefficient (Wildman–Crippen LogP) is 1.28. The van der Waals surface area contributed by atoms with Crippen molar-refractivity contribution in [3.05, 3.63) is 23.9 Å². The van der Waals surface area contributed by atoms with Gasteiger partial charge in [-0.1, -0.05) is 19.9 Å². The molecule has 0 bridgehead atoms. The summed E-state index contributed by atoms with van der Waals surface area (Å²) in [6.45, 7) is 5.48. The van der Waals surface area contributed by atoms with E-state index in [4.69, 9.17) is 0 Å². The number of rotatable bonds is 4. The average Bonchev–Trinajstić information content (AvgIpc) is 2.27. The van der Waals surface area contributed by atoms with Gasteiger partial charge in [0, 0.05) is 13.1 Å². The second-order valence-corrected chi connectivity index (χ2v) is 4.09. The second kappa shape index (κ2) is 5.98. The highest BCUT2D eigenvalue weighted by atomic mass is 16.2. The normalized spacial score (nSPS) is 10.1. The molecule has 2 amide bonds. The van der Waals surface area contributed by atoms with Gasteiger partial charge in [-0.05, 0) is 17.5 Å². The van der Waals surface area contributed by atoms with E-state index in [2.05, 4.69) is 29.5 Å². The number of carbonyl (C=O) groups excluding carboxylic acids is 2. The van der Waals surface area contributed by atoms with E-state index in [-0.39, 0.29) is 18.4 Å². The lowest BCUT2D eigenvalue weighted by Crippen LogP contribution is -2.31. The molecule has 2 N–H and O–H groups in total. The van der Waals surface area contributed by atoms with Crippen molar-refractivity contribution in [2.75, 3.05) is 11.9 Å². The minimum absolute atomic E-state index is 0.0387. The Hall–Kier alpha value is -1.91. The van der Waals surface area contributed by atoms with Crippen LogP contribution in [0.25, 0.3) is 0 Å². The molecule has 0 atom stereocenters. The monoisotopic (exact) mass is 235 g/mol. The van der Waals surface area contributed by atoms with Crippen molar-refractivity contribution in [1.82, 2.24) is 10.3 Å². The highest BCUT2D eigenvalue weighted by Crippen LogP contribution is 2.14. The Bertz CT molecular complexity index is 399. The molecule has 5 nitrogen and oxygen atoms in total. The average molecular weight is 235 g/mol. The van der Waals surface area contributed by atoms with Gasteiger partial charge in [-0.3, -0.25) is 9.59 Å². The molecule has 0 fully saturated rings. The van der Waals surface area contributed by atoms with Gasteiger partial charge in [-0.15, -0.1) is 0 Å². The Labute approximate surface area is 101 Å². The number of hydrogen-bond donors (Lipinski definition) is 2. The fourth-order valence-electron chi connectivity index (χ4n) is 1.21. The van der Waals surface area contributed by atoms with Crippen LogP contribution in [-0.2, 0) is 9.59 Å². The molecule has 0 aliphatic rings. The van der Waals surface area contributed by atoms with Gasteiger partial charge >= 0.3 is 0 Å². The van der Waals surface area contributed by atoms with E-state index in [1.807, 2.05) is 6.07 Å². The molecular formula is C12H17N3O2. The summed E-state index contributed by atoms with van der Waals surface area (Å²) in [5.74, 6) is 0.379. The van der Waals surface area contributed by atoms with Gasteiger partial charge in [0.1, 0.15) is 5.82 Å². The van der Waals surface area contributed by atoms with Crippen LogP contribution in [0.4, 0.5) is 5.82 Å². The van der Waals surface area contributed by atoms with Crippen LogP contribution in [0.2, 0.25) is 0 Å². The first-order valence-electron chi connectivity index (χ1n) is 5.49. The topological polar surface area (TPSA) is 71.1 Å². The molecule has 0 saturated carbocycles. The summed E-state index contributed by atoms with van der Waals surface area (Å²) in [7, 11) is 0. The summed E-state index contributed by atoms with van der Waals surface area (Å²) in [5.41, 5.74) is 1.12. The first kappa shape index (κ1) is 13.2. The van der Waals surface area contributed by atoms with E-state index < -0.39 is 0 Å². The molecule has 92 valence electrons. The maximum absolute atomic E-state index is 11.4. The molecule has 0 saturated heterocycles. The van der Waals surface area contributed by atoms with Gasteiger partial charge in [0.2, 0.25) is 11.8 Å². The Morgan fingerprint density at radius 3 is 2.53 bits per heavy atom. The zero-order valence-corrected chi connectivity index (χ0v) is 10.3. The molecule has 0 spiro atoms. The maximum atomic E-state index is 11.4. The zero-order valence-electron chi connectivity index (χ0n) is 10.3. The fraction of sp³-hybridized carbons (Fsp3) is 0.417. The second-order valence-electron chi connectivity index (χ2n) is 4.09. The van der Waals surface area contributed by atoms with Gasteiger partial charge in [0.15, 0.2) is 0 Å². The Balaban J connectivity index is 2.51. The maximum Gasteiger partial charge on any atom is 0.244 e. The van der Waals surface area contributed by atoms with Gasteiger partial charge in [0.05, 0.1) is 6.54 Å². The van der Waals surface area contributed by atoms with Crippen molar-refractivity contribution in [3.63, 3.8) is 0 Å². The number of hydrogen-bond acceptors (Lipinski definition) is 3. The first-order chi connectivity index (χ1) is 7.99. The quantitative estimate of drug-likeness (QED) is 0.825. The largest absolute Gasteiger partial charge is 0.347 e. The first-order valence-corrected chi connectivity index (χ1v) is 5.49. The number of aromatic nitrogens is 1. The van der Waals surface area contributed by atoms with Crippen LogP contribution in [0.15, 0.2) is 18.3 Å². The summed E-state index contributed by atoms with van der Waals surface area (Å²) in [4.78, 5) is 26.1. The fourth-order valence-corrected chi connectivity index (χ4v) is 1.21. The van der Waals surface area contributed by atoms with E-state index in [1.54, 1.807) is 12.3 Å². The van der Waals surface area contributed by atoms with Gasteiger partial charge in [0.25, 0.3) is 0 Å². The minimum atomic E-state index is -0.287. The summed E-state index contributed by atoms with van der Waals surface area (Å²) >= 11 is 0. The van der Waals surface area contributed by atoms with E-state index in [0.717, 1.165) is 5.56 Å². The van der Waals surface area contributed by atoms with Crippen molar-refractivity contribution in [2.24, 2.45) is 0 Å². The lowest BCUT2D eigenvalue weighted by atomic mass is 10.1. The van der Waals surface area contributed by atoms with Crippen molar-refractivity contribution in [2.45, 2.75) is 26.7 Å². The van der Waals surface area contributed by atoms with Crippen LogP contribution in [-0.4, -0.2) is 23.3 Å². The van der Waals surface area contributed by atoms with E-state index in [9.17, 15) is 9.59 Å². The molecular weight excluding hydrogens is 218 g/mol. The van der Waals surface area contributed by atoms with Crippen LogP contribution in [0.5, 0.6) is 0 Å². The number of amides is 2. The molecule has 1 aromatic heterocycles. The number of nitrogens with zero attached hydrogens (tertiary/aromatic N) is 1. The van der Waals surface area contributed by atoms with E-state index in [0.29, 0.717) is 11.7 Å². The predicted molar refractivity (Wildman–Crippen MR) is 65.6 cm³/mol. The van der Waals surface area contributed by atoms with Crippen LogP contribution in [0.1, 0.15) is 32.3 Å². The molecule has 0 unspecified atom stereocenters. The number of pyridine rings is 1. The SMILES string of the molecule is CC(=O)NCC(=O)Nc1ccc(C(C)C)cn1. The summed E-state index contributed by atoms with van der Waals surface area (Å²) in [5, 5.41) is 5.02. The van der Waals surface area contributed by atoms with E-state index in [1.165, 1.54) is 6.92 Å². The standard InChI is InChI=1S/C12H17N3O2/c1-8(2)10-4-5-11(14-6-10)15-12(17)7-13-9(3)16/h4-6,8H,7H2,1-3H3,(H,13,16)(H,14,15,17). The summed E-state index contributed by atoms with van der Waals surface area (Å²) in [6.07, 6.45) is 1.73. The van der Waals surface area contributed by atoms with Crippen molar-refractivity contribution < 1.29 is 9.59 Å². The van der Waals surface area contributed by atoms with Crippen LogP contribution >= 0.6 is 0 Å². The smallest absolute Gasteiger partial charge is 0.244 e. The summed E-state index contributed by atoms with van der Waals surface area (Å²) < 4.78 is 0. The highest BCUT2D eigenvalue weighted by molar-refractivity contribution is 5.93. The number of nitrogens with one attached hydrogen (secondary N) is 2. The number of anilines is 1. The summed E-state index contributed by atoms with van der Waals surface area (Å²) in [6, 6.07) is 3.67. The third-order valence-corrected chi connectivity index (χ3v) is 2.22. The third-order valence-electron chi connectivity index (χ3n) is 2.22. The van der Waals surface area contributed by atoms with E-state index >= 15 is 0 Å². The minimum Gasteiger partial charge on any atom is -0.347 e. The molecule has 0 aliphatic heterocycles. The van der Waals surface area contributed by atoms with Crippen molar-refractivity contribution >= 4 is 17.6 Å². The molecule has 0 radical (unpaired) electrons. The van der Waals surface area contributed by atoms with Gasteiger partial charge in [-0.2, -0.15) is 0 Å². The molecule has 0 aromatic carbocycles. The molecule has 1 rings (SSSR count). The number of carbonyl (C=O) groups is 2. The van der Waals surface area contributed by atoms with Gasteiger partial charge in [-0.25, -0.2) is 4.98 Å². The van der Waals surface area contributed by atoms with Crippen molar-refractivity contribution in [3.8, 4) is 0 Å². The zero-order chi connectivity index (χ0) is 12.8. The Morgan fingerprint density at radius 2 is 2.06 bits per heavy atom. The van der Waals surface area contributed by atoms with Crippen LogP contribution in [0.3, 0.4) is 0 Å².